The van der Waals surface area contributed by atoms with Gasteiger partial charge in [-0.2, -0.15) is 0 Å². The van der Waals surface area contributed by atoms with Gasteiger partial charge in [0.25, 0.3) is 0 Å². The van der Waals surface area contributed by atoms with Crippen molar-refractivity contribution in [1.82, 2.24) is 0 Å². The maximum atomic E-state index is 11.2. The SMILES string of the molecule is CC=COP(C)(=O)OC=CC. The zero-order valence-corrected chi connectivity index (χ0v) is 7.88. The van der Waals surface area contributed by atoms with Gasteiger partial charge < -0.3 is 9.05 Å². The van der Waals surface area contributed by atoms with Crippen molar-refractivity contribution < 1.29 is 13.6 Å². The summed E-state index contributed by atoms with van der Waals surface area (Å²) < 4.78 is 20.7. The van der Waals surface area contributed by atoms with Crippen LogP contribution in [0.15, 0.2) is 24.7 Å². The summed E-state index contributed by atoms with van der Waals surface area (Å²) in [6, 6.07) is 0. The highest BCUT2D eigenvalue weighted by Crippen LogP contribution is 2.44. The van der Waals surface area contributed by atoms with Crippen molar-refractivity contribution in [2.75, 3.05) is 6.66 Å². The number of allylic oxidation sites excluding steroid dienone is 2. The third-order valence-electron chi connectivity index (χ3n) is 0.777. The summed E-state index contributed by atoms with van der Waals surface area (Å²) in [5, 5.41) is 0. The first kappa shape index (κ1) is 10.3. The van der Waals surface area contributed by atoms with Gasteiger partial charge in [0.1, 0.15) is 0 Å². The van der Waals surface area contributed by atoms with Crippen molar-refractivity contribution in [2.45, 2.75) is 13.8 Å². The van der Waals surface area contributed by atoms with E-state index in [1.54, 1.807) is 26.0 Å². The Labute approximate surface area is 67.2 Å². The molecule has 0 aromatic carbocycles. The third-order valence-corrected chi connectivity index (χ3v) is 1.79. The van der Waals surface area contributed by atoms with Crippen LogP contribution in [0, 0.1) is 0 Å². The van der Waals surface area contributed by atoms with Gasteiger partial charge in [-0.1, -0.05) is 12.2 Å². The Morgan fingerprint density at radius 1 is 1.09 bits per heavy atom. The monoisotopic (exact) mass is 176 g/mol. The lowest BCUT2D eigenvalue weighted by molar-refractivity contribution is 0.333. The molecule has 0 amide bonds. The molecule has 0 saturated carbocycles. The van der Waals surface area contributed by atoms with Crippen molar-refractivity contribution in [3.63, 3.8) is 0 Å². The van der Waals surface area contributed by atoms with E-state index in [4.69, 9.17) is 9.05 Å². The van der Waals surface area contributed by atoms with Crippen LogP contribution in [0.4, 0.5) is 0 Å². The molecule has 0 atom stereocenters. The lowest BCUT2D eigenvalue weighted by Crippen LogP contribution is -1.82. The summed E-state index contributed by atoms with van der Waals surface area (Å²) in [5.74, 6) is 0. The number of hydrogen-bond acceptors (Lipinski definition) is 3. The van der Waals surface area contributed by atoms with Crippen LogP contribution < -0.4 is 0 Å². The van der Waals surface area contributed by atoms with Crippen molar-refractivity contribution in [2.24, 2.45) is 0 Å². The van der Waals surface area contributed by atoms with E-state index in [0.717, 1.165) is 0 Å². The van der Waals surface area contributed by atoms with Gasteiger partial charge >= 0.3 is 7.60 Å². The molecule has 0 aliphatic carbocycles. The molecule has 0 fully saturated rings. The molecule has 0 heterocycles. The van der Waals surface area contributed by atoms with Crippen LogP contribution in [0.2, 0.25) is 0 Å². The van der Waals surface area contributed by atoms with Gasteiger partial charge in [0.2, 0.25) is 0 Å². The fourth-order valence-corrected chi connectivity index (χ4v) is 1.10. The van der Waals surface area contributed by atoms with Gasteiger partial charge in [0.15, 0.2) is 0 Å². The maximum absolute atomic E-state index is 11.2. The Kier molecular flexibility index (Phi) is 4.71. The highest BCUT2D eigenvalue weighted by Gasteiger charge is 2.13. The van der Waals surface area contributed by atoms with E-state index in [0.29, 0.717) is 0 Å². The average molecular weight is 176 g/mol. The molecular formula is C7H13O3P. The summed E-state index contributed by atoms with van der Waals surface area (Å²) in [6.07, 6.45) is 6.00. The Bertz CT molecular complexity index is 178. The fraction of sp³-hybridized carbons (Fsp3) is 0.429. The molecule has 3 nitrogen and oxygen atoms in total. The molecular weight excluding hydrogens is 163 g/mol. The van der Waals surface area contributed by atoms with Crippen molar-refractivity contribution in [3.8, 4) is 0 Å². The summed E-state index contributed by atoms with van der Waals surface area (Å²) >= 11 is 0. The Morgan fingerprint density at radius 3 is 1.73 bits per heavy atom. The molecule has 64 valence electrons. The summed E-state index contributed by atoms with van der Waals surface area (Å²) in [5.41, 5.74) is 0. The second-order valence-electron chi connectivity index (χ2n) is 1.92. The Hall–Kier alpha value is -0.690. The minimum absolute atomic E-state index is 1.35. The average Bonchev–Trinajstić information content (AvgIpc) is 1.97. The van der Waals surface area contributed by atoms with Crippen LogP contribution in [0.3, 0.4) is 0 Å². The van der Waals surface area contributed by atoms with Gasteiger partial charge in [-0.05, 0) is 13.8 Å². The lowest BCUT2D eigenvalue weighted by Gasteiger charge is -2.09. The van der Waals surface area contributed by atoms with E-state index in [9.17, 15) is 4.57 Å². The zero-order chi connectivity index (χ0) is 8.74. The van der Waals surface area contributed by atoms with E-state index in [1.165, 1.54) is 19.2 Å². The zero-order valence-electron chi connectivity index (χ0n) is 6.98. The molecule has 0 radical (unpaired) electrons. The molecule has 0 aromatic heterocycles. The predicted octanol–water partition coefficient (Wildman–Crippen LogP) is 2.91. The minimum atomic E-state index is -2.90. The van der Waals surface area contributed by atoms with Crippen LogP contribution in [-0.2, 0) is 13.6 Å². The van der Waals surface area contributed by atoms with Crippen LogP contribution in [0.25, 0.3) is 0 Å². The molecule has 0 unspecified atom stereocenters. The third kappa shape index (κ3) is 5.74. The van der Waals surface area contributed by atoms with Crippen LogP contribution in [0.1, 0.15) is 13.8 Å². The largest absolute Gasteiger partial charge is 0.426 e. The van der Waals surface area contributed by atoms with Crippen molar-refractivity contribution in [3.05, 3.63) is 24.7 Å². The van der Waals surface area contributed by atoms with Crippen LogP contribution >= 0.6 is 7.60 Å². The fourth-order valence-electron chi connectivity index (χ4n) is 0.368. The molecule has 0 aromatic rings. The maximum Gasteiger partial charge on any atom is 0.426 e. The van der Waals surface area contributed by atoms with E-state index in [2.05, 4.69) is 0 Å². The van der Waals surface area contributed by atoms with Gasteiger partial charge in [0.05, 0.1) is 19.2 Å². The molecule has 0 spiro atoms. The first-order valence-electron chi connectivity index (χ1n) is 3.29. The van der Waals surface area contributed by atoms with Gasteiger partial charge in [-0.3, -0.25) is 0 Å². The molecule has 0 aliphatic heterocycles. The standard InChI is InChI=1S/C7H13O3P/c1-4-6-9-11(3,8)10-7-5-2/h4-7H,1-3H3. The summed E-state index contributed by atoms with van der Waals surface area (Å²) in [4.78, 5) is 0. The molecule has 0 rings (SSSR count). The number of hydrogen-bond donors (Lipinski definition) is 0. The van der Waals surface area contributed by atoms with Gasteiger partial charge in [-0.15, -0.1) is 0 Å². The van der Waals surface area contributed by atoms with E-state index < -0.39 is 7.60 Å². The van der Waals surface area contributed by atoms with Crippen LogP contribution in [-0.4, -0.2) is 6.66 Å². The summed E-state index contributed by atoms with van der Waals surface area (Å²) in [6.45, 7) is 4.96. The molecule has 0 saturated heterocycles. The quantitative estimate of drug-likeness (QED) is 0.488. The molecule has 0 bridgehead atoms. The van der Waals surface area contributed by atoms with Crippen molar-refractivity contribution >= 4 is 7.60 Å². The minimum Gasteiger partial charge on any atom is -0.425 e. The topological polar surface area (TPSA) is 35.5 Å². The second-order valence-corrected chi connectivity index (χ2v) is 3.89. The molecule has 0 N–H and O–H groups in total. The highest BCUT2D eigenvalue weighted by molar-refractivity contribution is 7.53. The smallest absolute Gasteiger partial charge is 0.425 e. The second kappa shape index (κ2) is 5.03. The van der Waals surface area contributed by atoms with Crippen LogP contribution in [0.5, 0.6) is 0 Å². The van der Waals surface area contributed by atoms with Crippen molar-refractivity contribution in [1.29, 1.82) is 0 Å². The predicted molar refractivity (Wildman–Crippen MR) is 45.3 cm³/mol. The molecule has 11 heavy (non-hydrogen) atoms. The normalized spacial score (nSPS) is 17.0. The molecule has 4 heteroatoms. The lowest BCUT2D eigenvalue weighted by atomic mass is 10.8. The summed E-state index contributed by atoms with van der Waals surface area (Å²) in [7, 11) is -2.90. The Morgan fingerprint density at radius 2 is 1.45 bits per heavy atom. The molecule has 0 aliphatic rings. The van der Waals surface area contributed by atoms with E-state index in [-0.39, 0.29) is 0 Å². The first-order valence-corrected chi connectivity index (χ1v) is 5.28. The van der Waals surface area contributed by atoms with E-state index in [1.807, 2.05) is 0 Å². The highest BCUT2D eigenvalue weighted by atomic mass is 31.2. The Balaban J connectivity index is 3.90. The first-order chi connectivity index (χ1) is 5.12. The van der Waals surface area contributed by atoms with Gasteiger partial charge in [-0.25, -0.2) is 4.57 Å². The van der Waals surface area contributed by atoms with Gasteiger partial charge in [0, 0.05) is 0 Å². The number of rotatable bonds is 4. The van der Waals surface area contributed by atoms with E-state index >= 15 is 0 Å².